The molecule has 1 atom stereocenters. The molecule has 19 heavy (non-hydrogen) atoms. The molecule has 4 nitrogen and oxygen atoms in total. The zero-order valence-corrected chi connectivity index (χ0v) is 11.9. The third-order valence-corrected chi connectivity index (χ3v) is 3.85. The Labute approximate surface area is 114 Å². The van der Waals surface area contributed by atoms with Crippen LogP contribution in [0.15, 0.2) is 6.07 Å². The standard InChI is InChI=1S/C15H24N2O2/c1-3-19-15(18)8-5-9-17-11(2)10-12-13(16)6-4-7-14(12)17/h10,13H,3-9,16H2,1-2H3. The third-order valence-electron chi connectivity index (χ3n) is 3.85. The van der Waals surface area contributed by atoms with Crippen molar-refractivity contribution in [2.45, 2.75) is 58.5 Å². The van der Waals surface area contributed by atoms with Gasteiger partial charge in [-0.05, 0) is 51.2 Å². The van der Waals surface area contributed by atoms with Gasteiger partial charge in [-0.15, -0.1) is 0 Å². The molecular weight excluding hydrogens is 240 g/mol. The molecule has 0 spiro atoms. The number of rotatable bonds is 5. The van der Waals surface area contributed by atoms with Crippen molar-refractivity contribution in [3.05, 3.63) is 23.0 Å². The highest BCUT2D eigenvalue weighted by Crippen LogP contribution is 2.30. The Morgan fingerprint density at radius 3 is 3.11 bits per heavy atom. The summed E-state index contributed by atoms with van der Waals surface area (Å²) in [7, 11) is 0. The van der Waals surface area contributed by atoms with Crippen LogP contribution in [0.5, 0.6) is 0 Å². The summed E-state index contributed by atoms with van der Waals surface area (Å²) in [5.41, 5.74) is 10.1. The highest BCUT2D eigenvalue weighted by Gasteiger charge is 2.21. The highest BCUT2D eigenvalue weighted by molar-refractivity contribution is 5.69. The van der Waals surface area contributed by atoms with Crippen LogP contribution in [0.1, 0.15) is 55.6 Å². The van der Waals surface area contributed by atoms with Crippen molar-refractivity contribution < 1.29 is 9.53 Å². The summed E-state index contributed by atoms with van der Waals surface area (Å²) in [5.74, 6) is -0.0992. The van der Waals surface area contributed by atoms with E-state index in [0.29, 0.717) is 13.0 Å². The Kier molecular flexibility index (Phi) is 4.64. The summed E-state index contributed by atoms with van der Waals surface area (Å²) in [6.07, 6.45) is 4.67. The van der Waals surface area contributed by atoms with E-state index in [4.69, 9.17) is 10.5 Å². The Hall–Kier alpha value is -1.29. The number of carbonyl (C=O) groups is 1. The molecule has 1 aromatic rings. The molecule has 106 valence electrons. The molecule has 4 heteroatoms. The van der Waals surface area contributed by atoms with Gasteiger partial charge in [-0.25, -0.2) is 0 Å². The van der Waals surface area contributed by atoms with Gasteiger partial charge in [-0.1, -0.05) is 0 Å². The second kappa shape index (κ2) is 6.24. The van der Waals surface area contributed by atoms with Gasteiger partial charge in [0.25, 0.3) is 0 Å². The summed E-state index contributed by atoms with van der Waals surface area (Å²) < 4.78 is 7.28. The van der Waals surface area contributed by atoms with Crippen LogP contribution in [0.4, 0.5) is 0 Å². The minimum absolute atomic E-state index is 0.0992. The number of nitrogens with zero attached hydrogens (tertiary/aromatic N) is 1. The number of ether oxygens (including phenoxy) is 1. The van der Waals surface area contributed by atoms with Crippen LogP contribution in [-0.2, 0) is 22.5 Å². The Balaban J connectivity index is 1.99. The van der Waals surface area contributed by atoms with Gasteiger partial charge in [-0.2, -0.15) is 0 Å². The molecule has 0 fully saturated rings. The van der Waals surface area contributed by atoms with E-state index in [0.717, 1.165) is 32.2 Å². The molecule has 0 saturated carbocycles. The predicted molar refractivity (Wildman–Crippen MR) is 74.9 cm³/mol. The Morgan fingerprint density at radius 1 is 1.58 bits per heavy atom. The van der Waals surface area contributed by atoms with Crippen molar-refractivity contribution in [2.24, 2.45) is 5.73 Å². The van der Waals surface area contributed by atoms with Crippen molar-refractivity contribution in [3.63, 3.8) is 0 Å². The van der Waals surface area contributed by atoms with Gasteiger partial charge in [0, 0.05) is 30.4 Å². The molecule has 1 aliphatic carbocycles. The van der Waals surface area contributed by atoms with Gasteiger partial charge < -0.3 is 15.0 Å². The first-order valence-electron chi connectivity index (χ1n) is 7.23. The topological polar surface area (TPSA) is 57.2 Å². The summed E-state index contributed by atoms with van der Waals surface area (Å²) in [6, 6.07) is 2.40. The average Bonchev–Trinajstić information content (AvgIpc) is 2.68. The lowest BCUT2D eigenvalue weighted by Crippen LogP contribution is -2.18. The number of esters is 1. The average molecular weight is 264 g/mol. The van der Waals surface area contributed by atoms with Gasteiger partial charge in [0.05, 0.1) is 6.61 Å². The van der Waals surface area contributed by atoms with Crippen molar-refractivity contribution in [3.8, 4) is 0 Å². The maximum absolute atomic E-state index is 11.3. The van der Waals surface area contributed by atoms with Crippen LogP contribution in [0.25, 0.3) is 0 Å². The van der Waals surface area contributed by atoms with Crippen molar-refractivity contribution >= 4 is 5.97 Å². The molecule has 2 N–H and O–H groups in total. The van der Waals surface area contributed by atoms with E-state index in [1.807, 2.05) is 6.92 Å². The first-order chi connectivity index (χ1) is 9.13. The Morgan fingerprint density at radius 2 is 2.37 bits per heavy atom. The molecule has 1 heterocycles. The number of carbonyl (C=O) groups excluding carboxylic acids is 1. The molecule has 0 radical (unpaired) electrons. The molecule has 2 rings (SSSR count). The lowest BCUT2D eigenvalue weighted by atomic mass is 9.93. The van der Waals surface area contributed by atoms with Crippen molar-refractivity contribution in [2.75, 3.05) is 6.61 Å². The number of fused-ring (bicyclic) bond motifs is 1. The number of aryl methyl sites for hydroxylation is 1. The quantitative estimate of drug-likeness (QED) is 0.831. The highest BCUT2D eigenvalue weighted by atomic mass is 16.5. The van der Waals surface area contributed by atoms with Gasteiger partial charge in [0.1, 0.15) is 0 Å². The smallest absolute Gasteiger partial charge is 0.305 e. The molecule has 1 unspecified atom stereocenters. The molecule has 1 aromatic heterocycles. The van der Waals surface area contributed by atoms with Crippen molar-refractivity contribution in [1.82, 2.24) is 4.57 Å². The van der Waals surface area contributed by atoms with Gasteiger partial charge >= 0.3 is 5.97 Å². The zero-order chi connectivity index (χ0) is 13.8. The van der Waals surface area contributed by atoms with Crippen LogP contribution in [0, 0.1) is 6.92 Å². The number of aromatic nitrogens is 1. The minimum Gasteiger partial charge on any atom is -0.466 e. The summed E-state index contributed by atoms with van der Waals surface area (Å²) in [6.45, 7) is 5.31. The third kappa shape index (κ3) is 3.18. The molecule has 0 aliphatic heterocycles. The van der Waals surface area contributed by atoms with E-state index in [1.54, 1.807) is 0 Å². The summed E-state index contributed by atoms with van der Waals surface area (Å²) in [5, 5.41) is 0. The molecule has 0 saturated heterocycles. The SMILES string of the molecule is CCOC(=O)CCCn1c(C)cc2c1CCCC2N. The monoisotopic (exact) mass is 264 g/mol. The number of hydrogen-bond acceptors (Lipinski definition) is 3. The predicted octanol–water partition coefficient (Wildman–Crippen LogP) is 2.48. The first kappa shape index (κ1) is 14.1. The van der Waals surface area contributed by atoms with Crippen LogP contribution in [0.3, 0.4) is 0 Å². The Bertz CT molecular complexity index is 451. The molecule has 1 aliphatic rings. The van der Waals surface area contributed by atoms with Crippen molar-refractivity contribution in [1.29, 1.82) is 0 Å². The normalized spacial score (nSPS) is 18.2. The first-order valence-corrected chi connectivity index (χ1v) is 7.23. The van der Waals surface area contributed by atoms with Crippen LogP contribution < -0.4 is 5.73 Å². The number of hydrogen-bond donors (Lipinski definition) is 1. The van der Waals surface area contributed by atoms with Crippen LogP contribution >= 0.6 is 0 Å². The lowest BCUT2D eigenvalue weighted by Gasteiger charge is -2.21. The maximum atomic E-state index is 11.3. The van der Waals surface area contributed by atoms with E-state index in [-0.39, 0.29) is 12.0 Å². The number of nitrogens with two attached hydrogens (primary N) is 1. The zero-order valence-electron chi connectivity index (χ0n) is 11.9. The molecule has 0 aromatic carbocycles. The summed E-state index contributed by atoms with van der Waals surface area (Å²) in [4.78, 5) is 11.3. The maximum Gasteiger partial charge on any atom is 0.305 e. The fraction of sp³-hybridized carbons (Fsp3) is 0.667. The van der Waals surface area contributed by atoms with Gasteiger partial charge in [0.2, 0.25) is 0 Å². The minimum atomic E-state index is -0.0992. The van der Waals surface area contributed by atoms with Gasteiger partial charge in [-0.3, -0.25) is 4.79 Å². The second-order valence-corrected chi connectivity index (χ2v) is 5.25. The van der Waals surface area contributed by atoms with Crippen LogP contribution in [0.2, 0.25) is 0 Å². The fourth-order valence-corrected chi connectivity index (χ4v) is 2.93. The summed E-state index contributed by atoms with van der Waals surface area (Å²) >= 11 is 0. The van der Waals surface area contributed by atoms with Crippen LogP contribution in [-0.4, -0.2) is 17.1 Å². The molecule has 0 bridgehead atoms. The largest absolute Gasteiger partial charge is 0.466 e. The van der Waals surface area contributed by atoms with Gasteiger partial charge in [0.15, 0.2) is 0 Å². The van der Waals surface area contributed by atoms with E-state index >= 15 is 0 Å². The molecular formula is C15H24N2O2. The fourth-order valence-electron chi connectivity index (χ4n) is 2.93. The second-order valence-electron chi connectivity index (χ2n) is 5.25. The lowest BCUT2D eigenvalue weighted by molar-refractivity contribution is -0.143. The van der Waals surface area contributed by atoms with E-state index in [9.17, 15) is 4.79 Å². The van der Waals surface area contributed by atoms with E-state index in [1.165, 1.54) is 17.0 Å². The van der Waals surface area contributed by atoms with E-state index < -0.39 is 0 Å². The van der Waals surface area contributed by atoms with E-state index in [2.05, 4.69) is 17.6 Å². The molecule has 0 amide bonds.